The summed E-state index contributed by atoms with van der Waals surface area (Å²) < 4.78 is 5.30. The molecule has 1 aliphatic heterocycles. The summed E-state index contributed by atoms with van der Waals surface area (Å²) >= 11 is 0. The van der Waals surface area contributed by atoms with E-state index in [2.05, 4.69) is 11.8 Å². The van der Waals surface area contributed by atoms with Crippen molar-refractivity contribution < 1.29 is 14.3 Å². The van der Waals surface area contributed by atoms with E-state index in [4.69, 9.17) is 4.74 Å². The van der Waals surface area contributed by atoms with Crippen LogP contribution >= 0.6 is 0 Å². The number of ether oxygens (including phenoxy) is 1. The van der Waals surface area contributed by atoms with E-state index in [1.54, 1.807) is 12.2 Å². The molecular formula is C17H12O3. The Kier molecular flexibility index (Phi) is 3.00. The van der Waals surface area contributed by atoms with Crippen molar-refractivity contribution in [1.29, 1.82) is 0 Å². The van der Waals surface area contributed by atoms with Crippen LogP contribution in [-0.2, 0) is 14.3 Å². The van der Waals surface area contributed by atoms with Gasteiger partial charge in [-0.3, -0.25) is 9.59 Å². The minimum atomic E-state index is -0.772. The van der Waals surface area contributed by atoms with Gasteiger partial charge in [-0.05, 0) is 30.4 Å². The fourth-order valence-corrected chi connectivity index (χ4v) is 2.26. The summed E-state index contributed by atoms with van der Waals surface area (Å²) in [5.74, 6) is 5.43. The average molecular weight is 264 g/mol. The molecule has 1 aromatic carbocycles. The largest absolute Gasteiger partial charge is 0.450 e. The Balaban J connectivity index is 1.91. The SMILES string of the molecule is O=C1CCC2(C=CC(=O)C(C#Cc3ccccc3)=C2)O1. The zero-order valence-corrected chi connectivity index (χ0v) is 10.8. The van der Waals surface area contributed by atoms with Crippen LogP contribution in [0.25, 0.3) is 0 Å². The van der Waals surface area contributed by atoms with Crippen LogP contribution in [0.4, 0.5) is 0 Å². The quantitative estimate of drug-likeness (QED) is 0.533. The summed E-state index contributed by atoms with van der Waals surface area (Å²) in [4.78, 5) is 23.1. The van der Waals surface area contributed by atoms with Gasteiger partial charge in [-0.25, -0.2) is 0 Å². The lowest BCUT2D eigenvalue weighted by atomic mass is 9.90. The number of carbonyl (C=O) groups is 2. The van der Waals surface area contributed by atoms with Crippen molar-refractivity contribution in [3.05, 3.63) is 59.7 Å². The molecule has 0 aromatic heterocycles. The lowest BCUT2D eigenvalue weighted by molar-refractivity contribution is -0.143. The first-order valence-corrected chi connectivity index (χ1v) is 6.42. The van der Waals surface area contributed by atoms with Crippen LogP contribution in [0, 0.1) is 11.8 Å². The second kappa shape index (κ2) is 4.82. The van der Waals surface area contributed by atoms with Crippen LogP contribution in [-0.4, -0.2) is 17.4 Å². The van der Waals surface area contributed by atoms with E-state index in [9.17, 15) is 9.59 Å². The summed E-state index contributed by atoms with van der Waals surface area (Å²) in [5, 5.41) is 0. The average Bonchev–Trinajstić information content (AvgIpc) is 2.82. The number of allylic oxidation sites excluding steroid dienone is 2. The van der Waals surface area contributed by atoms with Gasteiger partial charge < -0.3 is 4.74 Å². The van der Waals surface area contributed by atoms with E-state index in [1.807, 2.05) is 30.3 Å². The Hall–Kier alpha value is -2.60. The van der Waals surface area contributed by atoms with Crippen LogP contribution < -0.4 is 0 Å². The third-order valence-electron chi connectivity index (χ3n) is 3.31. The second-order valence-electron chi connectivity index (χ2n) is 4.80. The summed E-state index contributed by atoms with van der Waals surface area (Å²) in [5.41, 5.74) is 0.449. The highest BCUT2D eigenvalue weighted by Gasteiger charge is 2.39. The fourth-order valence-electron chi connectivity index (χ4n) is 2.26. The fraction of sp³-hybridized carbons (Fsp3) is 0.176. The monoisotopic (exact) mass is 264 g/mol. The highest BCUT2D eigenvalue weighted by atomic mass is 16.6. The van der Waals surface area contributed by atoms with Crippen molar-refractivity contribution in [3.63, 3.8) is 0 Å². The van der Waals surface area contributed by atoms with Crippen LogP contribution in [0.15, 0.2) is 54.1 Å². The first-order chi connectivity index (χ1) is 9.67. The van der Waals surface area contributed by atoms with Crippen molar-refractivity contribution in [2.45, 2.75) is 18.4 Å². The first kappa shape index (κ1) is 12.4. The van der Waals surface area contributed by atoms with Gasteiger partial charge in [-0.15, -0.1) is 0 Å². The molecule has 1 unspecified atom stereocenters. The molecule has 3 heteroatoms. The molecule has 1 saturated heterocycles. The van der Waals surface area contributed by atoms with Crippen LogP contribution in [0.2, 0.25) is 0 Å². The molecule has 1 atom stereocenters. The van der Waals surface area contributed by atoms with Gasteiger partial charge in [0.25, 0.3) is 0 Å². The molecule has 0 amide bonds. The Labute approximate surface area is 116 Å². The van der Waals surface area contributed by atoms with E-state index in [0.717, 1.165) is 5.56 Å². The van der Waals surface area contributed by atoms with E-state index in [1.165, 1.54) is 6.08 Å². The van der Waals surface area contributed by atoms with Gasteiger partial charge in [0.15, 0.2) is 11.4 Å². The van der Waals surface area contributed by atoms with Gasteiger partial charge in [-0.1, -0.05) is 30.0 Å². The minimum Gasteiger partial charge on any atom is -0.450 e. The zero-order valence-electron chi connectivity index (χ0n) is 10.8. The predicted octanol–water partition coefficient (Wildman–Crippen LogP) is 2.18. The number of ketones is 1. The Morgan fingerprint density at radius 1 is 1.10 bits per heavy atom. The van der Waals surface area contributed by atoms with Gasteiger partial charge >= 0.3 is 5.97 Å². The van der Waals surface area contributed by atoms with Gasteiger partial charge in [0, 0.05) is 12.0 Å². The van der Waals surface area contributed by atoms with Crippen molar-refractivity contribution >= 4 is 11.8 Å². The number of rotatable bonds is 0. The van der Waals surface area contributed by atoms with Gasteiger partial charge in [0.05, 0.1) is 12.0 Å². The van der Waals surface area contributed by atoms with Crippen LogP contribution in [0.3, 0.4) is 0 Å². The standard InChI is InChI=1S/C17H12O3/c18-15-8-10-17(11-9-16(19)20-17)12-14(15)7-6-13-4-2-1-3-5-13/h1-5,8,10,12H,9,11H2. The highest BCUT2D eigenvalue weighted by molar-refractivity contribution is 6.09. The maximum atomic E-state index is 11.8. The molecule has 0 saturated carbocycles. The molecule has 1 aromatic rings. The van der Waals surface area contributed by atoms with E-state index in [0.29, 0.717) is 18.4 Å². The number of esters is 1. The molecule has 0 bridgehead atoms. The predicted molar refractivity (Wildman–Crippen MR) is 73.6 cm³/mol. The molecule has 1 aliphatic carbocycles. The maximum absolute atomic E-state index is 11.8. The summed E-state index contributed by atoms with van der Waals surface area (Å²) in [7, 11) is 0. The normalized spacial score (nSPS) is 24.1. The van der Waals surface area contributed by atoms with E-state index in [-0.39, 0.29) is 11.8 Å². The molecule has 1 fully saturated rings. The molecule has 98 valence electrons. The summed E-state index contributed by atoms with van der Waals surface area (Å²) in [6, 6.07) is 9.44. The molecule has 1 spiro atoms. The van der Waals surface area contributed by atoms with Crippen molar-refractivity contribution in [1.82, 2.24) is 0 Å². The number of hydrogen-bond acceptors (Lipinski definition) is 3. The molecule has 3 nitrogen and oxygen atoms in total. The molecular weight excluding hydrogens is 252 g/mol. The Morgan fingerprint density at radius 2 is 1.90 bits per heavy atom. The number of benzene rings is 1. The first-order valence-electron chi connectivity index (χ1n) is 6.42. The van der Waals surface area contributed by atoms with Gasteiger partial charge in [-0.2, -0.15) is 0 Å². The summed E-state index contributed by atoms with van der Waals surface area (Å²) in [6.07, 6.45) is 5.68. The van der Waals surface area contributed by atoms with Crippen molar-refractivity contribution in [3.8, 4) is 11.8 Å². The van der Waals surface area contributed by atoms with Crippen LogP contribution in [0.5, 0.6) is 0 Å². The minimum absolute atomic E-state index is 0.151. The molecule has 1 heterocycles. The van der Waals surface area contributed by atoms with Gasteiger partial charge in [0.2, 0.25) is 0 Å². The second-order valence-corrected chi connectivity index (χ2v) is 4.80. The van der Waals surface area contributed by atoms with Crippen molar-refractivity contribution in [2.24, 2.45) is 0 Å². The van der Waals surface area contributed by atoms with E-state index >= 15 is 0 Å². The van der Waals surface area contributed by atoms with E-state index < -0.39 is 5.60 Å². The topological polar surface area (TPSA) is 43.4 Å². The molecule has 3 rings (SSSR count). The third kappa shape index (κ3) is 2.41. The third-order valence-corrected chi connectivity index (χ3v) is 3.31. The smallest absolute Gasteiger partial charge is 0.307 e. The molecule has 2 aliphatic rings. The summed E-state index contributed by atoms with van der Waals surface area (Å²) in [6.45, 7) is 0. The highest BCUT2D eigenvalue weighted by Crippen LogP contribution is 2.33. The van der Waals surface area contributed by atoms with Crippen LogP contribution in [0.1, 0.15) is 18.4 Å². The molecule has 0 radical (unpaired) electrons. The number of carbonyl (C=O) groups excluding carboxylic acids is 2. The molecule has 0 N–H and O–H groups in total. The maximum Gasteiger partial charge on any atom is 0.307 e. The van der Waals surface area contributed by atoms with Crippen molar-refractivity contribution in [2.75, 3.05) is 0 Å². The Morgan fingerprint density at radius 3 is 2.60 bits per heavy atom. The lowest BCUT2D eigenvalue weighted by Gasteiger charge is -2.22. The zero-order chi connectivity index (χ0) is 14.0. The lowest BCUT2D eigenvalue weighted by Crippen LogP contribution is -2.27. The van der Waals surface area contributed by atoms with Gasteiger partial charge in [0.1, 0.15) is 0 Å². The number of hydrogen-bond donors (Lipinski definition) is 0. The molecule has 20 heavy (non-hydrogen) atoms. The Bertz CT molecular complexity index is 686.